The summed E-state index contributed by atoms with van der Waals surface area (Å²) < 4.78 is 9.33. The summed E-state index contributed by atoms with van der Waals surface area (Å²) in [5.41, 5.74) is 4.32. The van der Waals surface area contributed by atoms with Crippen LogP contribution in [-0.4, -0.2) is 50.5 Å². The van der Waals surface area contributed by atoms with Crippen molar-refractivity contribution in [2.75, 3.05) is 26.2 Å². The van der Waals surface area contributed by atoms with Crippen LogP contribution < -0.4 is 10.4 Å². The Kier molecular flexibility index (Phi) is 5.89. The largest absolute Gasteiger partial charge is 0.494 e. The third kappa shape index (κ3) is 4.13. The Bertz CT molecular complexity index is 1330. The molecule has 3 heterocycles. The summed E-state index contributed by atoms with van der Waals surface area (Å²) in [7, 11) is 1.75. The normalized spacial score (nSPS) is 14.7. The molecule has 7 nitrogen and oxygen atoms in total. The minimum absolute atomic E-state index is 0.0270. The van der Waals surface area contributed by atoms with Gasteiger partial charge in [0.15, 0.2) is 5.65 Å². The van der Waals surface area contributed by atoms with Crippen molar-refractivity contribution in [3.63, 3.8) is 0 Å². The zero-order chi connectivity index (χ0) is 22.9. The van der Waals surface area contributed by atoms with Crippen LogP contribution >= 0.6 is 0 Å². The number of likely N-dealkylation sites (tertiary alicyclic amines) is 1. The standard InChI is InChI=1S/C26H31N5O2/c1-18(2)31-24-22-17-20(9-12-23(22)27-28-25(24)29(3)26(31)32)19-7-10-21(11-8-19)33-16-6-15-30-13-4-5-14-30/h7-12,17-18H,4-6,13-16H2,1-3H3. The van der Waals surface area contributed by atoms with Crippen molar-refractivity contribution < 1.29 is 4.74 Å². The van der Waals surface area contributed by atoms with Gasteiger partial charge in [0.25, 0.3) is 0 Å². The first-order chi connectivity index (χ1) is 16.0. The minimum atomic E-state index is -0.0709. The molecule has 1 aliphatic rings. The lowest BCUT2D eigenvalue weighted by molar-refractivity contribution is 0.263. The van der Waals surface area contributed by atoms with Crippen LogP contribution in [0.1, 0.15) is 39.2 Å². The SMILES string of the molecule is CC(C)n1c(=O)n(C)c2nnc3ccc(-c4ccc(OCCCN5CCCC5)cc4)cc3c21. The fraction of sp³-hybridized carbons (Fsp3) is 0.423. The Morgan fingerprint density at radius 1 is 1.00 bits per heavy atom. The van der Waals surface area contributed by atoms with Gasteiger partial charge in [-0.2, -0.15) is 0 Å². The summed E-state index contributed by atoms with van der Waals surface area (Å²) in [6.45, 7) is 8.35. The zero-order valence-electron chi connectivity index (χ0n) is 19.6. The van der Waals surface area contributed by atoms with E-state index in [-0.39, 0.29) is 11.7 Å². The summed E-state index contributed by atoms with van der Waals surface area (Å²) in [5.74, 6) is 0.894. The first-order valence-electron chi connectivity index (χ1n) is 11.9. The average molecular weight is 446 g/mol. The highest BCUT2D eigenvalue weighted by molar-refractivity contribution is 6.02. The highest BCUT2D eigenvalue weighted by Crippen LogP contribution is 2.29. The van der Waals surface area contributed by atoms with E-state index in [1.807, 2.05) is 32.0 Å². The third-order valence-corrected chi connectivity index (χ3v) is 6.56. The maximum Gasteiger partial charge on any atom is 0.330 e. The topological polar surface area (TPSA) is 65.2 Å². The van der Waals surface area contributed by atoms with Crippen molar-refractivity contribution in [3.8, 4) is 16.9 Å². The first kappa shape index (κ1) is 21.6. The molecule has 2 aromatic heterocycles. The summed E-state index contributed by atoms with van der Waals surface area (Å²) in [6.07, 6.45) is 3.71. The molecule has 0 unspecified atom stereocenters. The monoisotopic (exact) mass is 445 g/mol. The number of hydrogen-bond donors (Lipinski definition) is 0. The molecule has 0 spiro atoms. The van der Waals surface area contributed by atoms with E-state index < -0.39 is 0 Å². The van der Waals surface area contributed by atoms with Crippen molar-refractivity contribution >= 4 is 22.1 Å². The molecule has 0 saturated carbocycles. The van der Waals surface area contributed by atoms with Crippen LogP contribution in [0.15, 0.2) is 47.3 Å². The molecule has 2 aromatic carbocycles. The second-order valence-corrected chi connectivity index (χ2v) is 9.18. The van der Waals surface area contributed by atoms with Gasteiger partial charge in [0, 0.05) is 25.0 Å². The second kappa shape index (κ2) is 8.98. The van der Waals surface area contributed by atoms with Gasteiger partial charge in [-0.1, -0.05) is 18.2 Å². The van der Waals surface area contributed by atoms with Gasteiger partial charge in [-0.05, 0) is 81.6 Å². The van der Waals surface area contributed by atoms with Crippen molar-refractivity contribution in [2.24, 2.45) is 7.05 Å². The van der Waals surface area contributed by atoms with E-state index in [9.17, 15) is 4.79 Å². The van der Waals surface area contributed by atoms with Crippen LogP contribution in [0.5, 0.6) is 5.75 Å². The Morgan fingerprint density at radius 2 is 1.73 bits per heavy atom. The number of aryl methyl sites for hydroxylation is 1. The van der Waals surface area contributed by atoms with Gasteiger partial charge < -0.3 is 9.64 Å². The van der Waals surface area contributed by atoms with Crippen LogP contribution in [0.3, 0.4) is 0 Å². The van der Waals surface area contributed by atoms with Crippen LogP contribution in [0.4, 0.5) is 0 Å². The van der Waals surface area contributed by atoms with Crippen LogP contribution in [0.2, 0.25) is 0 Å². The molecule has 0 radical (unpaired) electrons. The molecule has 5 rings (SSSR count). The molecule has 0 aliphatic carbocycles. The van der Waals surface area contributed by atoms with E-state index in [4.69, 9.17) is 4.74 Å². The Balaban J connectivity index is 1.39. The van der Waals surface area contributed by atoms with Crippen LogP contribution in [0, 0.1) is 0 Å². The van der Waals surface area contributed by atoms with E-state index >= 15 is 0 Å². The van der Waals surface area contributed by atoms with E-state index in [0.717, 1.165) is 52.9 Å². The number of imidazole rings is 1. The number of hydrogen-bond acceptors (Lipinski definition) is 5. The fourth-order valence-electron chi connectivity index (χ4n) is 4.78. The molecule has 1 aliphatic heterocycles. The van der Waals surface area contributed by atoms with E-state index in [1.54, 1.807) is 16.2 Å². The fourth-order valence-corrected chi connectivity index (χ4v) is 4.78. The van der Waals surface area contributed by atoms with Crippen molar-refractivity contribution in [2.45, 2.75) is 39.2 Å². The molecule has 0 atom stereocenters. The van der Waals surface area contributed by atoms with E-state index in [2.05, 4.69) is 39.4 Å². The molecule has 1 saturated heterocycles. The first-order valence-corrected chi connectivity index (χ1v) is 11.9. The number of nitrogens with zero attached hydrogens (tertiary/aromatic N) is 5. The lowest BCUT2D eigenvalue weighted by Gasteiger charge is -2.14. The number of rotatable bonds is 7. The summed E-state index contributed by atoms with van der Waals surface area (Å²) in [6, 6.07) is 14.4. The Morgan fingerprint density at radius 3 is 2.45 bits per heavy atom. The van der Waals surface area contributed by atoms with Crippen LogP contribution in [-0.2, 0) is 7.05 Å². The number of aromatic nitrogens is 4. The molecule has 0 bridgehead atoms. The molecular weight excluding hydrogens is 414 g/mol. The predicted molar refractivity (Wildman–Crippen MR) is 132 cm³/mol. The van der Waals surface area contributed by atoms with Gasteiger partial charge in [0.1, 0.15) is 11.3 Å². The van der Waals surface area contributed by atoms with E-state index in [0.29, 0.717) is 5.65 Å². The van der Waals surface area contributed by atoms with E-state index in [1.165, 1.54) is 25.9 Å². The van der Waals surface area contributed by atoms with Gasteiger partial charge in [0.2, 0.25) is 0 Å². The molecule has 1 fully saturated rings. The molecule has 33 heavy (non-hydrogen) atoms. The molecular formula is C26H31N5O2. The molecule has 4 aromatic rings. The Hall–Kier alpha value is -3.19. The highest BCUT2D eigenvalue weighted by atomic mass is 16.5. The quantitative estimate of drug-likeness (QED) is 0.395. The van der Waals surface area contributed by atoms with Gasteiger partial charge in [0.05, 0.1) is 12.1 Å². The van der Waals surface area contributed by atoms with Crippen molar-refractivity contribution in [3.05, 3.63) is 52.9 Å². The van der Waals surface area contributed by atoms with Gasteiger partial charge in [-0.3, -0.25) is 9.13 Å². The van der Waals surface area contributed by atoms with Gasteiger partial charge in [-0.25, -0.2) is 4.79 Å². The van der Waals surface area contributed by atoms with Crippen molar-refractivity contribution in [1.82, 2.24) is 24.2 Å². The van der Waals surface area contributed by atoms with Gasteiger partial charge >= 0.3 is 5.69 Å². The lowest BCUT2D eigenvalue weighted by Crippen LogP contribution is -2.23. The summed E-state index contributed by atoms with van der Waals surface area (Å²) in [4.78, 5) is 15.3. The molecule has 7 heteroatoms. The zero-order valence-corrected chi connectivity index (χ0v) is 19.6. The Labute approximate surface area is 193 Å². The average Bonchev–Trinajstić information content (AvgIpc) is 3.43. The third-order valence-electron chi connectivity index (χ3n) is 6.56. The van der Waals surface area contributed by atoms with Crippen LogP contribution in [0.25, 0.3) is 33.2 Å². The van der Waals surface area contributed by atoms with Gasteiger partial charge in [-0.15, -0.1) is 10.2 Å². The second-order valence-electron chi connectivity index (χ2n) is 9.18. The number of ether oxygens (including phenoxy) is 1. The molecule has 172 valence electrons. The maximum absolute atomic E-state index is 12.8. The number of benzene rings is 2. The highest BCUT2D eigenvalue weighted by Gasteiger charge is 2.18. The summed E-state index contributed by atoms with van der Waals surface area (Å²) >= 11 is 0. The summed E-state index contributed by atoms with van der Waals surface area (Å²) in [5, 5.41) is 9.61. The smallest absolute Gasteiger partial charge is 0.330 e. The predicted octanol–water partition coefficient (Wildman–Crippen LogP) is 4.40. The minimum Gasteiger partial charge on any atom is -0.494 e. The lowest BCUT2D eigenvalue weighted by atomic mass is 10.0. The molecule has 0 N–H and O–H groups in total. The number of fused-ring (bicyclic) bond motifs is 3. The maximum atomic E-state index is 12.8. The van der Waals surface area contributed by atoms with Crippen molar-refractivity contribution in [1.29, 1.82) is 0 Å². The molecule has 0 amide bonds.